The van der Waals surface area contributed by atoms with Crippen molar-refractivity contribution in [2.24, 2.45) is 0 Å². The molecule has 2 aromatic carbocycles. The number of hydrogen-bond donors (Lipinski definition) is 1. The zero-order chi connectivity index (χ0) is 19.1. The van der Waals surface area contributed by atoms with Gasteiger partial charge in [-0.05, 0) is 33.1 Å². The Morgan fingerprint density at radius 2 is 1.56 bits per heavy atom. The van der Waals surface area contributed by atoms with Crippen molar-refractivity contribution in [1.82, 2.24) is 10.3 Å². The highest BCUT2D eigenvalue weighted by atomic mass is 79.9. The number of esters is 1. The summed E-state index contributed by atoms with van der Waals surface area (Å²) in [5, 5.41) is 2.93. The van der Waals surface area contributed by atoms with E-state index < -0.39 is 5.97 Å². The fourth-order valence-electron chi connectivity index (χ4n) is 2.59. The lowest BCUT2D eigenvalue weighted by Crippen LogP contribution is -2.33. The van der Waals surface area contributed by atoms with Crippen LogP contribution in [0.4, 0.5) is 0 Å². The van der Waals surface area contributed by atoms with E-state index in [9.17, 15) is 9.59 Å². The number of carbonyl (C=O) groups excluding carboxylic acids is 2. The molecule has 27 heavy (non-hydrogen) atoms. The number of hydrogen-bond acceptors (Lipinski definition) is 4. The van der Waals surface area contributed by atoms with Crippen molar-refractivity contribution in [3.63, 3.8) is 0 Å². The second kappa shape index (κ2) is 9.09. The van der Waals surface area contributed by atoms with E-state index in [1.165, 1.54) is 6.20 Å². The van der Waals surface area contributed by atoms with Crippen LogP contribution in [0.25, 0.3) is 0 Å². The monoisotopic (exact) mass is 424 g/mol. The third-order valence-electron chi connectivity index (χ3n) is 3.85. The van der Waals surface area contributed by atoms with Crippen LogP contribution in [-0.2, 0) is 9.53 Å². The van der Waals surface area contributed by atoms with Gasteiger partial charge in [0, 0.05) is 16.9 Å². The number of rotatable bonds is 6. The highest BCUT2D eigenvalue weighted by Crippen LogP contribution is 2.21. The van der Waals surface area contributed by atoms with Crippen LogP contribution in [0.1, 0.15) is 27.5 Å². The van der Waals surface area contributed by atoms with Crippen LogP contribution >= 0.6 is 15.9 Å². The summed E-state index contributed by atoms with van der Waals surface area (Å²) < 4.78 is 5.77. The van der Waals surface area contributed by atoms with E-state index in [2.05, 4.69) is 26.2 Å². The molecular formula is C21H17BrN2O3. The Balaban J connectivity index is 1.67. The van der Waals surface area contributed by atoms with Gasteiger partial charge in [-0.25, -0.2) is 4.79 Å². The first-order valence-electron chi connectivity index (χ1n) is 8.30. The van der Waals surface area contributed by atoms with Gasteiger partial charge in [-0.15, -0.1) is 0 Å². The second-order valence-corrected chi connectivity index (χ2v) is 6.71. The maximum absolute atomic E-state index is 12.4. The average molecular weight is 425 g/mol. The Kier molecular flexibility index (Phi) is 6.33. The third kappa shape index (κ3) is 5.24. The van der Waals surface area contributed by atoms with Crippen LogP contribution in [-0.4, -0.2) is 23.5 Å². The van der Waals surface area contributed by atoms with Gasteiger partial charge in [0.2, 0.25) is 0 Å². The van der Waals surface area contributed by atoms with E-state index in [4.69, 9.17) is 4.74 Å². The number of amides is 1. The fraction of sp³-hybridized carbons (Fsp3) is 0.0952. The molecule has 0 fully saturated rings. The van der Waals surface area contributed by atoms with Crippen molar-refractivity contribution in [2.75, 3.05) is 6.61 Å². The first-order valence-corrected chi connectivity index (χ1v) is 9.10. The van der Waals surface area contributed by atoms with Crippen molar-refractivity contribution in [3.05, 3.63) is 100 Å². The topological polar surface area (TPSA) is 68.3 Å². The molecular weight excluding hydrogens is 408 g/mol. The predicted octanol–water partition coefficient (Wildman–Crippen LogP) is 3.91. The fourth-order valence-corrected chi connectivity index (χ4v) is 2.96. The number of halogens is 1. The summed E-state index contributed by atoms with van der Waals surface area (Å²) >= 11 is 3.25. The number of nitrogens with zero attached hydrogens (tertiary/aromatic N) is 1. The van der Waals surface area contributed by atoms with E-state index >= 15 is 0 Å². The maximum Gasteiger partial charge on any atom is 0.340 e. The Bertz CT molecular complexity index is 877. The molecule has 1 heterocycles. The Hall–Kier alpha value is -2.99. The molecule has 136 valence electrons. The molecule has 0 saturated heterocycles. The molecule has 0 aliphatic rings. The number of carbonyl (C=O) groups is 2. The largest absolute Gasteiger partial charge is 0.452 e. The Labute approximate surface area is 165 Å². The van der Waals surface area contributed by atoms with Crippen LogP contribution in [0, 0.1) is 0 Å². The molecule has 1 amide bonds. The van der Waals surface area contributed by atoms with Gasteiger partial charge in [0.25, 0.3) is 5.91 Å². The minimum atomic E-state index is -0.602. The molecule has 1 aromatic heterocycles. The van der Waals surface area contributed by atoms with E-state index in [1.807, 2.05) is 60.7 Å². The van der Waals surface area contributed by atoms with E-state index in [-0.39, 0.29) is 24.1 Å². The lowest BCUT2D eigenvalue weighted by atomic mass is 9.99. The Morgan fingerprint density at radius 3 is 2.11 bits per heavy atom. The summed E-state index contributed by atoms with van der Waals surface area (Å²) in [4.78, 5) is 28.4. The van der Waals surface area contributed by atoms with Gasteiger partial charge < -0.3 is 10.1 Å². The van der Waals surface area contributed by atoms with E-state index in [0.29, 0.717) is 4.47 Å². The molecule has 3 aromatic rings. The number of benzene rings is 2. The molecule has 0 aliphatic heterocycles. The van der Waals surface area contributed by atoms with Crippen LogP contribution in [0.15, 0.2) is 83.6 Å². The minimum Gasteiger partial charge on any atom is -0.452 e. The normalized spacial score (nSPS) is 10.4. The SMILES string of the molecule is O=C(COC(=O)c1cncc(Br)c1)NC(c1ccccc1)c1ccccc1. The first-order chi connectivity index (χ1) is 13.1. The predicted molar refractivity (Wildman–Crippen MR) is 105 cm³/mol. The number of aromatic nitrogens is 1. The lowest BCUT2D eigenvalue weighted by molar-refractivity contribution is -0.124. The summed E-state index contributed by atoms with van der Waals surface area (Å²) in [7, 11) is 0. The number of ether oxygens (including phenoxy) is 1. The zero-order valence-electron chi connectivity index (χ0n) is 14.3. The Morgan fingerprint density at radius 1 is 0.963 bits per heavy atom. The highest BCUT2D eigenvalue weighted by molar-refractivity contribution is 9.10. The molecule has 0 spiro atoms. The molecule has 1 N–H and O–H groups in total. The standard InChI is InChI=1S/C21H17BrN2O3/c22-18-11-17(12-23-13-18)21(26)27-14-19(25)24-20(15-7-3-1-4-8-15)16-9-5-2-6-10-16/h1-13,20H,14H2,(H,24,25). The first kappa shape index (κ1) is 18.8. The molecule has 0 saturated carbocycles. The van der Waals surface area contributed by atoms with Crippen LogP contribution in [0.5, 0.6) is 0 Å². The van der Waals surface area contributed by atoms with Gasteiger partial charge in [-0.3, -0.25) is 9.78 Å². The van der Waals surface area contributed by atoms with Crippen molar-refractivity contribution in [1.29, 1.82) is 0 Å². The van der Waals surface area contributed by atoms with Gasteiger partial charge in [0.05, 0.1) is 11.6 Å². The van der Waals surface area contributed by atoms with Gasteiger partial charge in [-0.1, -0.05) is 60.7 Å². The molecule has 3 rings (SSSR count). The number of nitrogens with one attached hydrogen (secondary N) is 1. The summed E-state index contributed by atoms with van der Waals surface area (Å²) in [5.74, 6) is -0.987. The zero-order valence-corrected chi connectivity index (χ0v) is 15.9. The van der Waals surface area contributed by atoms with E-state index in [1.54, 1.807) is 12.3 Å². The summed E-state index contributed by atoms with van der Waals surface area (Å²) in [6.45, 7) is -0.373. The summed E-state index contributed by atoms with van der Waals surface area (Å²) in [6.07, 6.45) is 2.95. The smallest absolute Gasteiger partial charge is 0.340 e. The van der Waals surface area contributed by atoms with Gasteiger partial charge >= 0.3 is 5.97 Å². The van der Waals surface area contributed by atoms with Crippen molar-refractivity contribution >= 4 is 27.8 Å². The van der Waals surface area contributed by atoms with Gasteiger partial charge in [0.1, 0.15) is 0 Å². The van der Waals surface area contributed by atoms with Crippen LogP contribution < -0.4 is 5.32 Å². The molecule has 0 bridgehead atoms. The maximum atomic E-state index is 12.4. The molecule has 0 unspecified atom stereocenters. The number of pyridine rings is 1. The van der Waals surface area contributed by atoms with E-state index in [0.717, 1.165) is 11.1 Å². The molecule has 0 aliphatic carbocycles. The van der Waals surface area contributed by atoms with Crippen molar-refractivity contribution in [2.45, 2.75) is 6.04 Å². The van der Waals surface area contributed by atoms with Gasteiger partial charge in [-0.2, -0.15) is 0 Å². The summed E-state index contributed by atoms with van der Waals surface area (Å²) in [6, 6.07) is 20.5. The molecule has 6 heteroatoms. The molecule has 5 nitrogen and oxygen atoms in total. The lowest BCUT2D eigenvalue weighted by Gasteiger charge is -2.20. The minimum absolute atomic E-state index is 0.278. The summed E-state index contributed by atoms with van der Waals surface area (Å²) in [5.41, 5.74) is 2.17. The molecule has 0 radical (unpaired) electrons. The third-order valence-corrected chi connectivity index (χ3v) is 4.28. The second-order valence-electron chi connectivity index (χ2n) is 5.79. The van der Waals surface area contributed by atoms with Crippen molar-refractivity contribution in [3.8, 4) is 0 Å². The van der Waals surface area contributed by atoms with Crippen LogP contribution in [0.3, 0.4) is 0 Å². The van der Waals surface area contributed by atoms with Crippen LogP contribution in [0.2, 0.25) is 0 Å². The van der Waals surface area contributed by atoms with Gasteiger partial charge in [0.15, 0.2) is 6.61 Å². The highest BCUT2D eigenvalue weighted by Gasteiger charge is 2.18. The molecule has 0 atom stereocenters. The van der Waals surface area contributed by atoms with Crippen molar-refractivity contribution < 1.29 is 14.3 Å². The average Bonchev–Trinajstić information content (AvgIpc) is 2.71. The quantitative estimate of drug-likeness (QED) is 0.609.